The lowest BCUT2D eigenvalue weighted by atomic mass is 9.92. The number of rotatable bonds is 5. The maximum absolute atomic E-state index is 15.1. The van der Waals surface area contributed by atoms with Gasteiger partial charge in [-0.2, -0.15) is 0 Å². The molecule has 164 valence electrons. The molecule has 4 rings (SSSR count). The largest absolute Gasteiger partial charge is 0.331 e. The number of carbonyl (C=O) groups is 1. The van der Waals surface area contributed by atoms with E-state index in [2.05, 4.69) is 15.3 Å². The van der Waals surface area contributed by atoms with Crippen molar-refractivity contribution in [1.82, 2.24) is 19.4 Å². The summed E-state index contributed by atoms with van der Waals surface area (Å²) in [5, 5.41) is 4.30. The average Bonchev–Trinajstić information content (AvgIpc) is 3.07. The van der Waals surface area contributed by atoms with Gasteiger partial charge in [0.25, 0.3) is 12.3 Å². The maximum Gasteiger partial charge on any atom is 0.263 e. The number of alkyl halides is 3. The van der Waals surface area contributed by atoms with Crippen LogP contribution in [0, 0.1) is 6.92 Å². The number of likely N-dealkylation sites (tertiary alicyclic amines) is 1. The van der Waals surface area contributed by atoms with Crippen LogP contribution in [-0.4, -0.2) is 57.1 Å². The van der Waals surface area contributed by atoms with E-state index in [-0.39, 0.29) is 31.7 Å². The Bertz CT molecular complexity index is 1110. The van der Waals surface area contributed by atoms with E-state index in [1.165, 1.54) is 4.90 Å². The van der Waals surface area contributed by atoms with Gasteiger partial charge in [-0.05, 0) is 24.4 Å². The predicted molar refractivity (Wildman–Crippen MR) is 113 cm³/mol. The molecule has 1 fully saturated rings. The van der Waals surface area contributed by atoms with Gasteiger partial charge in [0.15, 0.2) is 5.67 Å². The zero-order valence-electron chi connectivity index (χ0n) is 17.4. The van der Waals surface area contributed by atoms with Crippen LogP contribution in [0.5, 0.6) is 0 Å². The molecule has 0 spiro atoms. The lowest BCUT2D eigenvalue weighted by Crippen LogP contribution is -2.49. The van der Waals surface area contributed by atoms with E-state index in [0.29, 0.717) is 0 Å². The number of aromatic nitrogens is 3. The lowest BCUT2D eigenvalue weighted by Gasteiger charge is -2.35. The molecule has 9 heteroatoms. The average molecular weight is 431 g/mol. The number of hydrogen-bond donors (Lipinski definition) is 1. The van der Waals surface area contributed by atoms with E-state index in [0.717, 1.165) is 27.9 Å². The first kappa shape index (κ1) is 21.3. The van der Waals surface area contributed by atoms with Crippen LogP contribution in [0.1, 0.15) is 18.7 Å². The Kier molecular flexibility index (Phi) is 5.70. The van der Waals surface area contributed by atoms with Crippen molar-refractivity contribution in [1.29, 1.82) is 0 Å². The van der Waals surface area contributed by atoms with Crippen LogP contribution < -0.4 is 5.32 Å². The summed E-state index contributed by atoms with van der Waals surface area (Å²) in [5.74, 6) is 0.364. The van der Waals surface area contributed by atoms with Crippen LogP contribution in [0.25, 0.3) is 22.0 Å². The van der Waals surface area contributed by atoms with Crippen molar-refractivity contribution in [3.8, 4) is 11.3 Å². The van der Waals surface area contributed by atoms with E-state index < -0.39 is 24.5 Å². The van der Waals surface area contributed by atoms with Gasteiger partial charge in [-0.25, -0.2) is 23.1 Å². The highest BCUT2D eigenvalue weighted by Gasteiger charge is 2.42. The van der Waals surface area contributed by atoms with Gasteiger partial charge in [0, 0.05) is 50.1 Å². The Morgan fingerprint density at radius 2 is 1.90 bits per heavy atom. The Labute approximate surface area is 178 Å². The molecule has 1 N–H and O–H groups in total. The summed E-state index contributed by atoms with van der Waals surface area (Å²) in [6.45, 7) is 1.76. The molecule has 0 atom stereocenters. The van der Waals surface area contributed by atoms with E-state index in [1.54, 1.807) is 18.5 Å². The molecule has 1 saturated heterocycles. The fourth-order valence-electron chi connectivity index (χ4n) is 3.88. The zero-order chi connectivity index (χ0) is 22.2. The van der Waals surface area contributed by atoms with Crippen molar-refractivity contribution in [3.63, 3.8) is 0 Å². The number of benzene rings is 1. The summed E-state index contributed by atoms with van der Waals surface area (Å²) in [7, 11) is 1.94. The molecule has 0 saturated carbocycles. The highest BCUT2D eigenvalue weighted by atomic mass is 19.3. The van der Waals surface area contributed by atoms with Crippen LogP contribution >= 0.6 is 0 Å². The van der Waals surface area contributed by atoms with Crippen molar-refractivity contribution < 1.29 is 18.0 Å². The number of aryl methyl sites for hydroxylation is 1. The van der Waals surface area contributed by atoms with Gasteiger partial charge in [0.2, 0.25) is 0 Å². The lowest BCUT2D eigenvalue weighted by molar-refractivity contribution is -0.130. The summed E-state index contributed by atoms with van der Waals surface area (Å²) in [5.41, 5.74) is -0.170. The molecule has 3 aromatic rings. The number of piperidine rings is 1. The standard InChI is InChI=1S/C22H24F3N5O/c1-14-26-12-18(29(14)2)15-3-4-16-11-27-20(10-17(16)9-15)28-21(31)22(25)5-7-30(8-6-22)13-19(23)24/h3-4,9-12,19H,5-8,13H2,1-2H3,(H,27,28,31). The van der Waals surface area contributed by atoms with E-state index >= 15 is 4.39 Å². The number of anilines is 1. The normalized spacial score (nSPS) is 16.7. The highest BCUT2D eigenvalue weighted by molar-refractivity contribution is 5.98. The topological polar surface area (TPSA) is 63.1 Å². The van der Waals surface area contributed by atoms with E-state index in [4.69, 9.17) is 0 Å². The van der Waals surface area contributed by atoms with Crippen LogP contribution in [0.2, 0.25) is 0 Å². The van der Waals surface area contributed by atoms with Crippen molar-refractivity contribution in [2.75, 3.05) is 25.0 Å². The molecular formula is C22H24F3N5O. The Hall–Kier alpha value is -2.94. The van der Waals surface area contributed by atoms with Crippen LogP contribution in [0.3, 0.4) is 0 Å². The van der Waals surface area contributed by atoms with Gasteiger partial charge in [-0.3, -0.25) is 9.69 Å². The fourth-order valence-corrected chi connectivity index (χ4v) is 3.88. The summed E-state index contributed by atoms with van der Waals surface area (Å²) in [6.07, 6.45) is 0.710. The monoisotopic (exact) mass is 431 g/mol. The van der Waals surface area contributed by atoms with Gasteiger partial charge in [-0.1, -0.05) is 12.1 Å². The number of carbonyl (C=O) groups excluding carboxylic acids is 1. The number of imidazole rings is 1. The Balaban J connectivity index is 1.50. The summed E-state index contributed by atoms with van der Waals surface area (Å²) >= 11 is 0. The fraction of sp³-hybridized carbons (Fsp3) is 0.409. The predicted octanol–water partition coefficient (Wildman–Crippen LogP) is 3.95. The van der Waals surface area contributed by atoms with Gasteiger partial charge >= 0.3 is 0 Å². The van der Waals surface area contributed by atoms with E-state index in [1.807, 2.05) is 36.7 Å². The molecule has 1 aliphatic rings. The van der Waals surface area contributed by atoms with Gasteiger partial charge < -0.3 is 9.88 Å². The summed E-state index contributed by atoms with van der Waals surface area (Å²) < 4.78 is 42.2. The molecule has 31 heavy (non-hydrogen) atoms. The summed E-state index contributed by atoms with van der Waals surface area (Å²) in [4.78, 5) is 22.6. The number of nitrogens with one attached hydrogen (secondary N) is 1. The van der Waals surface area contributed by atoms with Gasteiger partial charge in [0.1, 0.15) is 11.6 Å². The first-order valence-corrected chi connectivity index (χ1v) is 10.1. The molecule has 0 bridgehead atoms. The number of amides is 1. The van der Waals surface area contributed by atoms with Crippen LogP contribution in [-0.2, 0) is 11.8 Å². The second-order valence-electron chi connectivity index (χ2n) is 7.99. The number of hydrogen-bond acceptors (Lipinski definition) is 4. The van der Waals surface area contributed by atoms with Crippen molar-refractivity contribution >= 4 is 22.5 Å². The number of fused-ring (bicyclic) bond motifs is 1. The third-order valence-electron chi connectivity index (χ3n) is 5.93. The molecule has 6 nitrogen and oxygen atoms in total. The highest BCUT2D eigenvalue weighted by Crippen LogP contribution is 2.30. The van der Waals surface area contributed by atoms with Crippen molar-refractivity contribution in [2.45, 2.75) is 31.9 Å². The summed E-state index contributed by atoms with van der Waals surface area (Å²) in [6, 6.07) is 7.58. The SMILES string of the molecule is Cc1ncc(-c2ccc3cnc(NC(=O)C4(F)CCN(CC(F)F)CC4)cc3c2)n1C. The molecule has 0 radical (unpaired) electrons. The number of halogens is 3. The zero-order valence-corrected chi connectivity index (χ0v) is 17.4. The quantitative estimate of drug-likeness (QED) is 0.665. The molecule has 3 heterocycles. The Morgan fingerprint density at radius 1 is 1.16 bits per heavy atom. The second-order valence-corrected chi connectivity index (χ2v) is 7.99. The molecule has 1 amide bonds. The number of nitrogens with zero attached hydrogens (tertiary/aromatic N) is 4. The van der Waals surface area contributed by atoms with E-state index in [9.17, 15) is 13.6 Å². The molecule has 2 aromatic heterocycles. The van der Waals surface area contributed by atoms with Crippen molar-refractivity contribution in [3.05, 3.63) is 42.5 Å². The van der Waals surface area contributed by atoms with Gasteiger partial charge in [-0.15, -0.1) is 0 Å². The third-order valence-corrected chi connectivity index (χ3v) is 5.93. The molecule has 0 unspecified atom stereocenters. The third kappa shape index (κ3) is 4.41. The Morgan fingerprint density at radius 3 is 2.55 bits per heavy atom. The van der Waals surface area contributed by atoms with Crippen LogP contribution in [0.4, 0.5) is 19.0 Å². The first-order chi connectivity index (χ1) is 14.7. The maximum atomic E-state index is 15.1. The minimum Gasteiger partial charge on any atom is -0.331 e. The number of pyridine rings is 1. The smallest absolute Gasteiger partial charge is 0.263 e. The second kappa shape index (κ2) is 8.30. The van der Waals surface area contributed by atoms with Crippen molar-refractivity contribution in [2.24, 2.45) is 7.05 Å². The van der Waals surface area contributed by atoms with Crippen LogP contribution in [0.15, 0.2) is 36.7 Å². The minimum atomic E-state index is -2.47. The molecule has 1 aliphatic heterocycles. The first-order valence-electron chi connectivity index (χ1n) is 10.1. The molecular weight excluding hydrogens is 407 g/mol. The molecule has 1 aromatic carbocycles. The molecule has 0 aliphatic carbocycles. The van der Waals surface area contributed by atoms with Gasteiger partial charge in [0.05, 0.1) is 18.4 Å². The minimum absolute atomic E-state index is 0.118.